The van der Waals surface area contributed by atoms with Crippen molar-refractivity contribution in [2.45, 2.75) is 31.9 Å². The first kappa shape index (κ1) is 12.6. The van der Waals surface area contributed by atoms with Gasteiger partial charge < -0.3 is 10.0 Å². The van der Waals surface area contributed by atoms with Gasteiger partial charge in [-0.2, -0.15) is 0 Å². The lowest BCUT2D eigenvalue weighted by atomic mass is 9.98. The Hall–Kier alpha value is -0.870. The van der Waals surface area contributed by atoms with Gasteiger partial charge in [-0.1, -0.05) is 22.0 Å². The number of aliphatic hydroxyl groups is 1. The Labute approximate surface area is 110 Å². The van der Waals surface area contributed by atoms with E-state index in [0.717, 1.165) is 4.47 Å². The van der Waals surface area contributed by atoms with E-state index in [2.05, 4.69) is 15.9 Å². The van der Waals surface area contributed by atoms with Crippen LogP contribution in [-0.2, 0) is 0 Å². The predicted octanol–water partition coefficient (Wildman–Crippen LogP) is 2.43. The van der Waals surface area contributed by atoms with E-state index in [0.29, 0.717) is 18.5 Å². The van der Waals surface area contributed by atoms with Gasteiger partial charge in [0.15, 0.2) is 0 Å². The smallest absolute Gasteiger partial charge is 0.254 e. The van der Waals surface area contributed by atoms with Gasteiger partial charge in [-0.05, 0) is 38.5 Å². The fourth-order valence-corrected chi connectivity index (χ4v) is 2.61. The van der Waals surface area contributed by atoms with Crippen LogP contribution in [0.5, 0.6) is 0 Å². The average molecular weight is 298 g/mol. The number of benzene rings is 1. The number of rotatable bonds is 1. The molecule has 1 aliphatic heterocycles. The highest BCUT2D eigenvalue weighted by Crippen LogP contribution is 2.30. The maximum Gasteiger partial charge on any atom is 0.254 e. The molecule has 0 aromatic heterocycles. The van der Waals surface area contributed by atoms with Crippen molar-refractivity contribution in [3.63, 3.8) is 0 Å². The summed E-state index contributed by atoms with van der Waals surface area (Å²) >= 11 is 3.36. The van der Waals surface area contributed by atoms with E-state index >= 15 is 0 Å². The topological polar surface area (TPSA) is 40.5 Å². The standard InChI is InChI=1S/C13H16BrNO2/c1-13(2)11(16)6-7-15(13)12(17)9-4-3-5-10(14)8-9/h3-5,8,11,16H,6-7H2,1-2H3. The highest BCUT2D eigenvalue weighted by molar-refractivity contribution is 9.10. The van der Waals surface area contributed by atoms with Gasteiger partial charge in [0.25, 0.3) is 5.91 Å². The minimum atomic E-state index is -0.487. The van der Waals surface area contributed by atoms with Gasteiger partial charge in [-0.15, -0.1) is 0 Å². The maximum atomic E-state index is 12.4. The van der Waals surface area contributed by atoms with Crippen LogP contribution in [0.15, 0.2) is 28.7 Å². The van der Waals surface area contributed by atoms with Crippen molar-refractivity contribution in [1.82, 2.24) is 4.90 Å². The lowest BCUT2D eigenvalue weighted by Crippen LogP contribution is -2.48. The van der Waals surface area contributed by atoms with Crippen LogP contribution in [0.2, 0.25) is 0 Å². The molecule has 0 bridgehead atoms. The zero-order chi connectivity index (χ0) is 12.6. The van der Waals surface area contributed by atoms with Crippen molar-refractivity contribution in [2.75, 3.05) is 6.54 Å². The molecule has 92 valence electrons. The number of carbonyl (C=O) groups is 1. The molecular weight excluding hydrogens is 282 g/mol. The van der Waals surface area contributed by atoms with Crippen molar-refractivity contribution in [3.8, 4) is 0 Å². The minimum absolute atomic E-state index is 0.0205. The van der Waals surface area contributed by atoms with Gasteiger partial charge in [0.1, 0.15) is 0 Å². The third-order valence-corrected chi connectivity index (χ3v) is 3.95. The second-order valence-corrected chi connectivity index (χ2v) is 5.84. The zero-order valence-corrected chi connectivity index (χ0v) is 11.6. The minimum Gasteiger partial charge on any atom is -0.391 e. The Morgan fingerprint density at radius 2 is 2.24 bits per heavy atom. The Bertz CT molecular complexity index is 445. The summed E-state index contributed by atoms with van der Waals surface area (Å²) in [6.07, 6.45) is 0.200. The van der Waals surface area contributed by atoms with Gasteiger partial charge in [0, 0.05) is 16.6 Å². The van der Waals surface area contributed by atoms with Crippen molar-refractivity contribution >= 4 is 21.8 Å². The van der Waals surface area contributed by atoms with Gasteiger partial charge in [-0.3, -0.25) is 4.79 Å². The first-order chi connectivity index (χ1) is 7.93. The van der Waals surface area contributed by atoms with E-state index in [1.807, 2.05) is 32.0 Å². The Balaban J connectivity index is 2.27. The molecule has 17 heavy (non-hydrogen) atoms. The van der Waals surface area contributed by atoms with Gasteiger partial charge in [0.2, 0.25) is 0 Å². The monoisotopic (exact) mass is 297 g/mol. The highest BCUT2D eigenvalue weighted by atomic mass is 79.9. The molecule has 1 heterocycles. The average Bonchev–Trinajstić information content (AvgIpc) is 2.53. The van der Waals surface area contributed by atoms with Gasteiger partial charge in [0.05, 0.1) is 11.6 Å². The molecule has 1 N–H and O–H groups in total. The largest absolute Gasteiger partial charge is 0.391 e. The molecule has 1 unspecified atom stereocenters. The van der Waals surface area contributed by atoms with Crippen molar-refractivity contribution in [3.05, 3.63) is 34.3 Å². The molecule has 1 fully saturated rings. The molecule has 0 radical (unpaired) electrons. The molecule has 0 spiro atoms. The van der Waals surface area contributed by atoms with Crippen LogP contribution in [0.1, 0.15) is 30.6 Å². The number of carbonyl (C=O) groups excluding carboxylic acids is 1. The summed E-state index contributed by atoms with van der Waals surface area (Å²) in [5.74, 6) is -0.0205. The van der Waals surface area contributed by atoms with Gasteiger partial charge >= 0.3 is 0 Å². The first-order valence-corrected chi connectivity index (χ1v) is 6.48. The van der Waals surface area contributed by atoms with Crippen LogP contribution in [-0.4, -0.2) is 34.1 Å². The molecule has 1 saturated heterocycles. The third-order valence-electron chi connectivity index (χ3n) is 3.45. The third kappa shape index (κ3) is 2.24. The zero-order valence-electron chi connectivity index (χ0n) is 9.98. The summed E-state index contributed by atoms with van der Waals surface area (Å²) in [6.45, 7) is 4.42. The maximum absolute atomic E-state index is 12.4. The molecule has 1 amide bonds. The second-order valence-electron chi connectivity index (χ2n) is 4.93. The molecular formula is C13H16BrNO2. The fourth-order valence-electron chi connectivity index (χ4n) is 2.21. The van der Waals surface area contributed by atoms with Crippen LogP contribution < -0.4 is 0 Å². The quantitative estimate of drug-likeness (QED) is 0.865. The van der Waals surface area contributed by atoms with E-state index < -0.39 is 11.6 Å². The van der Waals surface area contributed by atoms with E-state index in [1.54, 1.807) is 11.0 Å². The molecule has 1 aliphatic rings. The van der Waals surface area contributed by atoms with E-state index in [1.165, 1.54) is 0 Å². The van der Waals surface area contributed by atoms with Crippen molar-refractivity contribution < 1.29 is 9.90 Å². The molecule has 0 aliphatic carbocycles. The summed E-state index contributed by atoms with van der Waals surface area (Å²) in [5, 5.41) is 9.87. The van der Waals surface area contributed by atoms with Crippen LogP contribution >= 0.6 is 15.9 Å². The highest BCUT2D eigenvalue weighted by Gasteiger charge is 2.42. The summed E-state index contributed by atoms with van der Waals surface area (Å²) in [5.41, 5.74) is 0.168. The summed E-state index contributed by atoms with van der Waals surface area (Å²) in [6, 6.07) is 7.34. The summed E-state index contributed by atoms with van der Waals surface area (Å²) in [7, 11) is 0. The van der Waals surface area contributed by atoms with Crippen molar-refractivity contribution in [2.24, 2.45) is 0 Å². The lowest BCUT2D eigenvalue weighted by Gasteiger charge is -2.33. The second kappa shape index (κ2) is 4.42. The number of halogens is 1. The molecule has 3 nitrogen and oxygen atoms in total. The van der Waals surface area contributed by atoms with Crippen LogP contribution in [0, 0.1) is 0 Å². The number of amides is 1. The van der Waals surface area contributed by atoms with Crippen LogP contribution in [0.3, 0.4) is 0 Å². The molecule has 4 heteroatoms. The number of hydrogen-bond acceptors (Lipinski definition) is 2. The van der Waals surface area contributed by atoms with Crippen LogP contribution in [0.25, 0.3) is 0 Å². The summed E-state index contributed by atoms with van der Waals surface area (Å²) in [4.78, 5) is 14.1. The number of nitrogens with zero attached hydrogens (tertiary/aromatic N) is 1. The van der Waals surface area contributed by atoms with E-state index in [-0.39, 0.29) is 5.91 Å². The Kier molecular flexibility index (Phi) is 3.27. The molecule has 1 atom stereocenters. The van der Waals surface area contributed by atoms with E-state index in [4.69, 9.17) is 0 Å². The Morgan fingerprint density at radius 3 is 2.76 bits per heavy atom. The number of aliphatic hydroxyl groups excluding tert-OH is 1. The molecule has 1 aromatic rings. The molecule has 1 aromatic carbocycles. The van der Waals surface area contributed by atoms with Gasteiger partial charge in [-0.25, -0.2) is 0 Å². The van der Waals surface area contributed by atoms with Crippen molar-refractivity contribution in [1.29, 1.82) is 0 Å². The molecule has 2 rings (SSSR count). The first-order valence-electron chi connectivity index (χ1n) is 5.68. The SMILES string of the molecule is CC1(C)C(O)CCN1C(=O)c1cccc(Br)c1. The van der Waals surface area contributed by atoms with E-state index in [9.17, 15) is 9.90 Å². The number of hydrogen-bond donors (Lipinski definition) is 1. The predicted molar refractivity (Wildman–Crippen MR) is 69.9 cm³/mol. The van der Waals surface area contributed by atoms with Crippen LogP contribution in [0.4, 0.5) is 0 Å². The molecule has 0 saturated carbocycles. The normalized spacial score (nSPS) is 22.8. The number of likely N-dealkylation sites (tertiary alicyclic amines) is 1. The fraction of sp³-hybridized carbons (Fsp3) is 0.462. The Morgan fingerprint density at radius 1 is 1.53 bits per heavy atom. The summed E-state index contributed by atoms with van der Waals surface area (Å²) < 4.78 is 0.890. The lowest BCUT2D eigenvalue weighted by molar-refractivity contribution is 0.0394.